The molecule has 2 aromatic rings. The molecular weight excluding hydrogens is 412 g/mol. The highest BCUT2D eigenvalue weighted by atomic mass is 79.9. The second-order valence-corrected chi connectivity index (χ2v) is 7.66. The van der Waals surface area contributed by atoms with E-state index in [1.165, 1.54) is 6.07 Å². The predicted molar refractivity (Wildman–Crippen MR) is 106 cm³/mol. The third-order valence-electron chi connectivity index (χ3n) is 5.05. The second-order valence-electron chi connectivity index (χ2n) is 6.74. The van der Waals surface area contributed by atoms with Crippen molar-refractivity contribution in [3.8, 4) is 0 Å². The molecule has 1 heterocycles. The quantitative estimate of drug-likeness (QED) is 0.556. The molecule has 27 heavy (non-hydrogen) atoms. The smallest absolute Gasteiger partial charge is 0.273 e. The van der Waals surface area contributed by atoms with Gasteiger partial charge >= 0.3 is 0 Å². The van der Waals surface area contributed by atoms with Crippen molar-refractivity contribution in [2.75, 3.05) is 19.8 Å². The molecule has 6 nitrogen and oxygen atoms in total. The van der Waals surface area contributed by atoms with Crippen LogP contribution in [0.1, 0.15) is 24.0 Å². The third-order valence-corrected chi connectivity index (χ3v) is 5.54. The molecule has 1 aliphatic rings. The molecule has 0 saturated carbocycles. The fourth-order valence-corrected chi connectivity index (χ4v) is 3.89. The molecule has 1 amide bonds. The van der Waals surface area contributed by atoms with Crippen LogP contribution in [0.25, 0.3) is 0 Å². The lowest BCUT2D eigenvalue weighted by Crippen LogP contribution is -2.45. The van der Waals surface area contributed by atoms with Gasteiger partial charge in [-0.1, -0.05) is 46.3 Å². The van der Waals surface area contributed by atoms with Gasteiger partial charge in [0.25, 0.3) is 5.69 Å². The van der Waals surface area contributed by atoms with E-state index in [2.05, 4.69) is 33.4 Å². The van der Waals surface area contributed by atoms with Crippen molar-refractivity contribution in [1.29, 1.82) is 0 Å². The Kier molecular flexibility index (Phi) is 6.23. The Morgan fingerprint density at radius 3 is 2.63 bits per heavy atom. The normalized spacial score (nSPS) is 15.9. The average molecular weight is 433 g/mol. The van der Waals surface area contributed by atoms with Gasteiger partial charge < -0.3 is 10.1 Å². The Balaban J connectivity index is 1.73. The van der Waals surface area contributed by atoms with Gasteiger partial charge in [0.15, 0.2) is 0 Å². The Hall–Kier alpha value is -2.25. The third kappa shape index (κ3) is 4.73. The molecule has 0 aliphatic carbocycles. The molecule has 0 unspecified atom stereocenters. The van der Waals surface area contributed by atoms with Crippen LogP contribution in [0.5, 0.6) is 0 Å². The molecule has 1 N–H and O–H groups in total. The highest BCUT2D eigenvalue weighted by molar-refractivity contribution is 9.10. The van der Waals surface area contributed by atoms with Crippen molar-refractivity contribution < 1.29 is 14.5 Å². The number of para-hydroxylation sites is 1. The van der Waals surface area contributed by atoms with Crippen LogP contribution in [0.3, 0.4) is 0 Å². The molecule has 2 aromatic carbocycles. The molecule has 1 fully saturated rings. The van der Waals surface area contributed by atoms with Crippen molar-refractivity contribution in [3.05, 3.63) is 74.2 Å². The summed E-state index contributed by atoms with van der Waals surface area (Å²) in [6, 6.07) is 14.5. The summed E-state index contributed by atoms with van der Waals surface area (Å²) < 4.78 is 6.52. The van der Waals surface area contributed by atoms with Gasteiger partial charge in [0.05, 0.1) is 11.3 Å². The summed E-state index contributed by atoms with van der Waals surface area (Å²) >= 11 is 3.52. The van der Waals surface area contributed by atoms with E-state index >= 15 is 0 Å². The molecule has 0 radical (unpaired) electrons. The van der Waals surface area contributed by atoms with E-state index in [9.17, 15) is 14.9 Å². The largest absolute Gasteiger partial charge is 0.381 e. The van der Waals surface area contributed by atoms with E-state index in [4.69, 9.17) is 4.74 Å². The lowest BCUT2D eigenvalue weighted by atomic mass is 9.74. The lowest BCUT2D eigenvalue weighted by Gasteiger charge is -2.38. The highest BCUT2D eigenvalue weighted by Gasteiger charge is 2.35. The summed E-state index contributed by atoms with van der Waals surface area (Å²) in [5.41, 5.74) is 1.36. The van der Waals surface area contributed by atoms with E-state index in [1.54, 1.807) is 18.2 Å². The van der Waals surface area contributed by atoms with E-state index < -0.39 is 4.92 Å². The number of hydrogen-bond acceptors (Lipinski definition) is 4. The van der Waals surface area contributed by atoms with Crippen LogP contribution < -0.4 is 5.32 Å². The number of amides is 1. The molecular formula is C20H21BrN2O4. The van der Waals surface area contributed by atoms with Crippen LogP contribution in [-0.4, -0.2) is 30.6 Å². The number of nitro groups is 1. The van der Waals surface area contributed by atoms with Gasteiger partial charge in [-0.15, -0.1) is 0 Å². The summed E-state index contributed by atoms with van der Waals surface area (Å²) in [5, 5.41) is 14.1. The zero-order valence-corrected chi connectivity index (χ0v) is 16.4. The summed E-state index contributed by atoms with van der Waals surface area (Å²) in [6.07, 6.45) is 1.62. The van der Waals surface area contributed by atoms with Crippen LogP contribution in [0, 0.1) is 10.1 Å². The van der Waals surface area contributed by atoms with Crippen molar-refractivity contribution in [1.82, 2.24) is 5.32 Å². The zero-order valence-electron chi connectivity index (χ0n) is 14.8. The first-order valence-corrected chi connectivity index (χ1v) is 9.62. The number of ether oxygens (including phenoxy) is 1. The molecule has 0 spiro atoms. The van der Waals surface area contributed by atoms with Crippen LogP contribution >= 0.6 is 15.9 Å². The van der Waals surface area contributed by atoms with Crippen LogP contribution in [0.4, 0.5) is 5.69 Å². The fourth-order valence-electron chi connectivity index (χ4n) is 3.49. The number of carbonyl (C=O) groups excluding carboxylic acids is 1. The zero-order chi connectivity index (χ0) is 19.3. The Labute approximate surface area is 166 Å². The molecule has 7 heteroatoms. The number of nitrogens with one attached hydrogen (secondary N) is 1. The lowest BCUT2D eigenvalue weighted by molar-refractivity contribution is -0.385. The Morgan fingerprint density at radius 1 is 1.19 bits per heavy atom. The van der Waals surface area contributed by atoms with Gasteiger partial charge in [0.2, 0.25) is 5.91 Å². The number of nitro benzene ring substituents is 1. The molecule has 0 bridgehead atoms. The van der Waals surface area contributed by atoms with Crippen LogP contribution in [0.15, 0.2) is 53.0 Å². The maximum atomic E-state index is 12.5. The maximum Gasteiger partial charge on any atom is 0.273 e. The number of nitrogens with zero attached hydrogens (tertiary/aromatic N) is 1. The van der Waals surface area contributed by atoms with Crippen LogP contribution in [0.2, 0.25) is 0 Å². The molecule has 142 valence electrons. The number of carbonyl (C=O) groups is 1. The minimum Gasteiger partial charge on any atom is -0.381 e. The molecule has 1 aliphatic heterocycles. The number of halogens is 1. The fraction of sp³-hybridized carbons (Fsp3) is 0.350. The second kappa shape index (κ2) is 8.63. The molecule has 3 rings (SSSR count). The van der Waals surface area contributed by atoms with E-state index in [-0.39, 0.29) is 23.4 Å². The van der Waals surface area contributed by atoms with Gasteiger partial charge in [-0.3, -0.25) is 14.9 Å². The van der Waals surface area contributed by atoms with E-state index in [0.29, 0.717) is 25.3 Å². The topological polar surface area (TPSA) is 81.5 Å². The molecule has 0 atom stereocenters. The SMILES string of the molecule is O=C(Cc1ccccc1[N+](=O)[O-])NCC1(c2cccc(Br)c2)CCOCC1. The molecule has 0 aromatic heterocycles. The van der Waals surface area contributed by atoms with Gasteiger partial charge in [-0.25, -0.2) is 0 Å². The van der Waals surface area contributed by atoms with E-state index in [1.807, 2.05) is 12.1 Å². The van der Waals surface area contributed by atoms with Crippen LogP contribution in [-0.2, 0) is 21.4 Å². The minimum atomic E-state index is -0.454. The monoisotopic (exact) mass is 432 g/mol. The summed E-state index contributed by atoms with van der Waals surface area (Å²) in [6.45, 7) is 1.77. The first-order chi connectivity index (χ1) is 13.0. The first-order valence-electron chi connectivity index (χ1n) is 8.83. The standard InChI is InChI=1S/C20H21BrN2O4/c21-17-6-3-5-16(13-17)20(8-10-27-11-9-20)14-22-19(24)12-15-4-1-2-7-18(15)23(25)26/h1-7,13H,8-12,14H2,(H,22,24). The van der Waals surface area contributed by atoms with Gasteiger partial charge in [0.1, 0.15) is 0 Å². The maximum absolute atomic E-state index is 12.5. The highest BCUT2D eigenvalue weighted by Crippen LogP contribution is 2.35. The Bertz CT molecular complexity index is 834. The predicted octanol–water partition coefficient (Wildman–Crippen LogP) is 3.76. The number of rotatable bonds is 6. The van der Waals surface area contributed by atoms with Gasteiger partial charge in [-0.2, -0.15) is 0 Å². The number of hydrogen-bond donors (Lipinski definition) is 1. The van der Waals surface area contributed by atoms with Gasteiger partial charge in [-0.05, 0) is 30.5 Å². The Morgan fingerprint density at radius 2 is 1.93 bits per heavy atom. The minimum absolute atomic E-state index is 0.0117. The first kappa shape index (κ1) is 19.5. The molecule has 1 saturated heterocycles. The number of benzene rings is 2. The summed E-state index contributed by atoms with van der Waals surface area (Å²) in [4.78, 5) is 23.2. The van der Waals surface area contributed by atoms with Crippen molar-refractivity contribution >= 4 is 27.5 Å². The van der Waals surface area contributed by atoms with Gasteiger partial charge in [0, 0.05) is 41.3 Å². The van der Waals surface area contributed by atoms with E-state index in [0.717, 1.165) is 22.9 Å². The van der Waals surface area contributed by atoms with Crippen molar-refractivity contribution in [3.63, 3.8) is 0 Å². The average Bonchev–Trinajstić information content (AvgIpc) is 2.67. The summed E-state index contributed by atoms with van der Waals surface area (Å²) in [7, 11) is 0. The van der Waals surface area contributed by atoms with Crippen molar-refractivity contribution in [2.45, 2.75) is 24.7 Å². The van der Waals surface area contributed by atoms with Crippen molar-refractivity contribution in [2.24, 2.45) is 0 Å². The summed E-state index contributed by atoms with van der Waals surface area (Å²) in [5.74, 6) is -0.217.